The Bertz CT molecular complexity index is 654. The number of carbonyl (C=O) groups excluding carboxylic acids is 1. The number of nitrogens with zero attached hydrogens (tertiary/aromatic N) is 1. The summed E-state index contributed by atoms with van der Waals surface area (Å²) in [7, 11) is 2.21. The van der Waals surface area contributed by atoms with Crippen LogP contribution in [0.3, 0.4) is 0 Å². The molecule has 1 fully saturated rings. The van der Waals surface area contributed by atoms with Crippen LogP contribution in [-0.2, 0) is 10.4 Å². The van der Waals surface area contributed by atoms with Gasteiger partial charge in [0.05, 0.1) is 20.1 Å². The summed E-state index contributed by atoms with van der Waals surface area (Å²) >= 11 is 0. The number of Topliss-reactive ketones (excluding diaryl/α,β-unsaturated/α-hetero) is 1. The molecule has 0 aromatic heterocycles. The van der Waals surface area contributed by atoms with Gasteiger partial charge in [-0.1, -0.05) is 55.5 Å². The average Bonchev–Trinajstić information content (AvgIpc) is 2.73. The molecule has 1 aromatic rings. The molecular weight excluding hydrogens is 461 g/mol. The van der Waals surface area contributed by atoms with Crippen molar-refractivity contribution in [3.05, 3.63) is 35.9 Å². The summed E-state index contributed by atoms with van der Waals surface area (Å²) < 4.78 is 0.928. The number of rotatable bonds is 8. The molecule has 1 atom stereocenters. The van der Waals surface area contributed by atoms with Crippen molar-refractivity contribution in [2.24, 2.45) is 5.92 Å². The molecule has 1 saturated carbocycles. The summed E-state index contributed by atoms with van der Waals surface area (Å²) in [5.74, 6) is 6.36. The summed E-state index contributed by atoms with van der Waals surface area (Å²) in [5.41, 5.74) is -0.614. The van der Waals surface area contributed by atoms with Gasteiger partial charge in [-0.2, -0.15) is 0 Å². The van der Waals surface area contributed by atoms with Crippen LogP contribution in [0.4, 0.5) is 0 Å². The Kier molecular flexibility index (Phi) is 10.7. The van der Waals surface area contributed by atoms with E-state index in [9.17, 15) is 9.90 Å². The zero-order valence-electron chi connectivity index (χ0n) is 17.7. The van der Waals surface area contributed by atoms with E-state index in [-0.39, 0.29) is 35.7 Å². The van der Waals surface area contributed by atoms with Gasteiger partial charge in [0.15, 0.2) is 11.4 Å². The van der Waals surface area contributed by atoms with Gasteiger partial charge in [-0.15, -0.1) is 0 Å². The van der Waals surface area contributed by atoms with Crippen molar-refractivity contribution < 1.29 is 38.4 Å². The first-order valence-electron chi connectivity index (χ1n) is 10.6. The molecule has 156 valence electrons. The third-order valence-electron chi connectivity index (χ3n) is 6.42. The highest BCUT2D eigenvalue weighted by Crippen LogP contribution is 2.40. The number of hydrogen-bond acceptors (Lipinski definition) is 2. The van der Waals surface area contributed by atoms with E-state index in [2.05, 4.69) is 32.7 Å². The number of halogens is 1. The Morgan fingerprint density at radius 3 is 2.29 bits per heavy atom. The van der Waals surface area contributed by atoms with Gasteiger partial charge >= 0.3 is 0 Å². The fraction of sp³-hybridized carbons (Fsp3) is 0.625. The molecule has 1 aliphatic rings. The lowest BCUT2D eigenvalue weighted by Gasteiger charge is -2.37. The number of hydrogen-bond donors (Lipinski definition) is 1. The maximum Gasteiger partial charge on any atom is 0.170 e. The maximum atomic E-state index is 13.1. The number of quaternary nitrogens is 1. The quantitative estimate of drug-likeness (QED) is 0.334. The summed E-state index contributed by atoms with van der Waals surface area (Å²) in [6.07, 6.45) is 6.07. The fourth-order valence-corrected chi connectivity index (χ4v) is 3.99. The van der Waals surface area contributed by atoms with Crippen LogP contribution in [0.1, 0.15) is 64.4 Å². The first-order valence-corrected chi connectivity index (χ1v) is 10.6. The number of ketones is 1. The van der Waals surface area contributed by atoms with Crippen LogP contribution in [0.2, 0.25) is 0 Å². The molecule has 1 aliphatic carbocycles. The lowest BCUT2D eigenvalue weighted by Crippen LogP contribution is -3.00. The SMILES string of the molecule is CC[N+](C)(CC)CC#CCCC(=O)C(O)(c1ccccc1)C1CCCCC1.[I-]. The second-order valence-corrected chi connectivity index (χ2v) is 8.15. The first-order chi connectivity index (χ1) is 13.0. The second-order valence-electron chi connectivity index (χ2n) is 8.15. The van der Waals surface area contributed by atoms with E-state index in [0.717, 1.165) is 55.4 Å². The van der Waals surface area contributed by atoms with Crippen molar-refractivity contribution in [1.82, 2.24) is 0 Å². The topological polar surface area (TPSA) is 37.3 Å². The molecule has 0 saturated heterocycles. The molecule has 0 bridgehead atoms. The third-order valence-corrected chi connectivity index (χ3v) is 6.42. The fourth-order valence-electron chi connectivity index (χ4n) is 3.99. The zero-order chi connectivity index (χ0) is 19.8. The van der Waals surface area contributed by atoms with Gasteiger partial charge in [0.1, 0.15) is 6.54 Å². The number of benzene rings is 1. The van der Waals surface area contributed by atoms with Crippen molar-refractivity contribution in [3.63, 3.8) is 0 Å². The second kappa shape index (κ2) is 11.9. The van der Waals surface area contributed by atoms with E-state index < -0.39 is 5.60 Å². The standard InChI is InChI=1S/C24H36NO2.HI/c1-4-25(3,5-2)20-14-8-13-19-23(26)24(27,21-15-9-6-10-16-21)22-17-11-7-12-18-22;/h6,9-10,15-16,22,27H,4-5,7,11-13,17-20H2,1-3H3;1H/q+1;/p-1. The highest BCUT2D eigenvalue weighted by atomic mass is 127. The highest BCUT2D eigenvalue weighted by molar-refractivity contribution is 5.88. The molecule has 1 N–H and O–H groups in total. The van der Waals surface area contributed by atoms with E-state index in [1.807, 2.05) is 30.3 Å². The van der Waals surface area contributed by atoms with Gasteiger partial charge in [0.2, 0.25) is 0 Å². The molecule has 1 aromatic carbocycles. The van der Waals surface area contributed by atoms with E-state index in [1.54, 1.807) is 0 Å². The van der Waals surface area contributed by atoms with Crippen molar-refractivity contribution in [2.45, 2.75) is 64.4 Å². The van der Waals surface area contributed by atoms with Crippen molar-refractivity contribution in [1.29, 1.82) is 0 Å². The predicted octanol–water partition coefficient (Wildman–Crippen LogP) is 1.30. The molecular formula is C24H36INO2. The Morgan fingerprint density at radius 1 is 1.11 bits per heavy atom. The summed E-state index contributed by atoms with van der Waals surface area (Å²) in [5, 5.41) is 11.5. The van der Waals surface area contributed by atoms with Crippen molar-refractivity contribution >= 4 is 5.78 Å². The summed E-state index contributed by atoms with van der Waals surface area (Å²) in [6, 6.07) is 9.53. The van der Waals surface area contributed by atoms with E-state index in [0.29, 0.717) is 12.8 Å². The Hall–Kier alpha value is -0.900. The minimum Gasteiger partial charge on any atom is -1.00 e. The molecule has 0 amide bonds. The molecule has 3 nitrogen and oxygen atoms in total. The van der Waals surface area contributed by atoms with Crippen LogP contribution < -0.4 is 24.0 Å². The first kappa shape index (κ1) is 25.1. The van der Waals surface area contributed by atoms with Gasteiger partial charge in [-0.3, -0.25) is 4.79 Å². The highest BCUT2D eigenvalue weighted by Gasteiger charge is 2.44. The summed E-state index contributed by atoms with van der Waals surface area (Å²) in [6.45, 7) is 7.28. The van der Waals surface area contributed by atoms with Gasteiger partial charge in [-0.25, -0.2) is 0 Å². The Labute approximate surface area is 188 Å². The molecule has 1 unspecified atom stereocenters. The van der Waals surface area contributed by atoms with Gasteiger partial charge in [0.25, 0.3) is 0 Å². The lowest BCUT2D eigenvalue weighted by molar-refractivity contribution is -0.899. The van der Waals surface area contributed by atoms with Crippen LogP contribution in [-0.4, -0.2) is 42.1 Å². The average molecular weight is 497 g/mol. The van der Waals surface area contributed by atoms with E-state index in [1.165, 1.54) is 6.42 Å². The molecule has 0 spiro atoms. The zero-order valence-corrected chi connectivity index (χ0v) is 19.9. The van der Waals surface area contributed by atoms with E-state index in [4.69, 9.17) is 0 Å². The monoisotopic (exact) mass is 497 g/mol. The normalized spacial score (nSPS) is 17.0. The van der Waals surface area contributed by atoms with Crippen LogP contribution in [0, 0.1) is 17.8 Å². The summed E-state index contributed by atoms with van der Waals surface area (Å²) in [4.78, 5) is 13.1. The van der Waals surface area contributed by atoms with Crippen molar-refractivity contribution in [2.75, 3.05) is 26.7 Å². The van der Waals surface area contributed by atoms with Crippen LogP contribution in [0.5, 0.6) is 0 Å². The molecule has 28 heavy (non-hydrogen) atoms. The molecule has 4 heteroatoms. The predicted molar refractivity (Wildman–Crippen MR) is 111 cm³/mol. The smallest absolute Gasteiger partial charge is 0.170 e. The molecule has 0 radical (unpaired) electrons. The maximum absolute atomic E-state index is 13.1. The minimum atomic E-state index is -1.36. The van der Waals surface area contributed by atoms with Crippen LogP contribution >= 0.6 is 0 Å². The largest absolute Gasteiger partial charge is 1.00 e. The lowest BCUT2D eigenvalue weighted by atomic mass is 9.70. The molecule has 2 rings (SSSR count). The van der Waals surface area contributed by atoms with Gasteiger partial charge in [0, 0.05) is 12.8 Å². The number of carbonyl (C=O) groups is 1. The van der Waals surface area contributed by atoms with Crippen LogP contribution in [0.25, 0.3) is 0 Å². The van der Waals surface area contributed by atoms with Crippen LogP contribution in [0.15, 0.2) is 30.3 Å². The van der Waals surface area contributed by atoms with Crippen molar-refractivity contribution in [3.8, 4) is 11.8 Å². The molecule has 0 aliphatic heterocycles. The third kappa shape index (κ3) is 6.30. The van der Waals surface area contributed by atoms with Gasteiger partial charge in [-0.05, 0) is 44.1 Å². The number of aliphatic hydroxyl groups is 1. The Balaban J connectivity index is 0.00000392. The van der Waals surface area contributed by atoms with E-state index >= 15 is 0 Å². The Morgan fingerprint density at radius 2 is 1.71 bits per heavy atom. The van der Waals surface area contributed by atoms with Gasteiger partial charge < -0.3 is 33.6 Å². The molecule has 0 heterocycles. The minimum absolute atomic E-state index is 0.